The van der Waals surface area contributed by atoms with E-state index in [0.29, 0.717) is 12.9 Å². The lowest BCUT2D eigenvalue weighted by molar-refractivity contribution is -0.127. The highest BCUT2D eigenvalue weighted by Gasteiger charge is 2.40. The van der Waals surface area contributed by atoms with Crippen molar-refractivity contribution in [3.63, 3.8) is 0 Å². The fourth-order valence-electron chi connectivity index (χ4n) is 2.22. The number of allylic oxidation sites excluding steroid dienone is 2. The van der Waals surface area contributed by atoms with Crippen molar-refractivity contribution >= 4 is 24.1 Å². The predicted molar refractivity (Wildman–Crippen MR) is 136 cm³/mol. The molecule has 3 N–H and O–H groups in total. The van der Waals surface area contributed by atoms with Crippen LogP contribution in [0.4, 0.5) is 5.69 Å². The predicted octanol–water partition coefficient (Wildman–Crippen LogP) is 4.40. The summed E-state index contributed by atoms with van der Waals surface area (Å²) in [5, 5.41) is 21.9. The van der Waals surface area contributed by atoms with Gasteiger partial charge in [0.1, 0.15) is 11.4 Å². The van der Waals surface area contributed by atoms with E-state index in [9.17, 15) is 19.8 Å². The first-order valence-corrected chi connectivity index (χ1v) is 11.0. The van der Waals surface area contributed by atoms with Gasteiger partial charge in [0.05, 0.1) is 24.2 Å². The summed E-state index contributed by atoms with van der Waals surface area (Å²) in [6.45, 7) is 10.4. The number of ether oxygens (including phenoxy) is 1. The van der Waals surface area contributed by atoms with E-state index in [0.717, 1.165) is 6.42 Å². The third-order valence-electron chi connectivity index (χ3n) is 3.56. The summed E-state index contributed by atoms with van der Waals surface area (Å²) in [5.41, 5.74) is 0.403. The molecular formula is C25H41N3O5. The van der Waals surface area contributed by atoms with Crippen LogP contribution in [0.3, 0.4) is 0 Å². The minimum Gasteiger partial charge on any atom is -0.505 e. The summed E-state index contributed by atoms with van der Waals surface area (Å²) in [4.78, 5) is 27.8. The van der Waals surface area contributed by atoms with E-state index in [4.69, 9.17) is 4.74 Å². The first-order chi connectivity index (χ1) is 15.7. The second-order valence-electron chi connectivity index (χ2n) is 6.95. The number of phenols is 1. The van der Waals surface area contributed by atoms with Gasteiger partial charge in [-0.05, 0) is 32.4 Å². The molecule has 2 rings (SSSR count). The van der Waals surface area contributed by atoms with Crippen LogP contribution in [0.15, 0.2) is 46.8 Å². The number of rotatable bonds is 7. The number of para-hydroxylation sites is 1. The SMILES string of the molecule is C/C=C\CC.CCC.CCOC1=C(Nc2cccc(C=O)c2O)C(=O)C1O.CN=CN(C)C. The minimum atomic E-state index is -1.26. The van der Waals surface area contributed by atoms with Crippen molar-refractivity contribution in [3.05, 3.63) is 47.4 Å². The first-order valence-electron chi connectivity index (χ1n) is 11.0. The Labute approximate surface area is 198 Å². The van der Waals surface area contributed by atoms with E-state index in [1.807, 2.05) is 25.9 Å². The molecule has 1 aliphatic rings. The molecule has 0 saturated heterocycles. The number of aliphatic hydroxyl groups excluding tert-OH is 1. The molecule has 33 heavy (non-hydrogen) atoms. The number of hydrogen-bond donors (Lipinski definition) is 3. The zero-order valence-corrected chi connectivity index (χ0v) is 21.3. The molecule has 0 fully saturated rings. The Bertz CT molecular complexity index is 786. The molecule has 0 amide bonds. The molecule has 1 aromatic rings. The molecule has 0 heterocycles. The van der Waals surface area contributed by atoms with Gasteiger partial charge in [-0.15, -0.1) is 0 Å². The lowest BCUT2D eigenvalue weighted by Crippen LogP contribution is -2.40. The highest BCUT2D eigenvalue weighted by Crippen LogP contribution is 2.32. The third kappa shape index (κ3) is 12.5. The van der Waals surface area contributed by atoms with Crippen LogP contribution in [0.5, 0.6) is 5.75 Å². The van der Waals surface area contributed by atoms with E-state index in [1.54, 1.807) is 26.4 Å². The fraction of sp³-hybridized carbons (Fsp3) is 0.480. The molecule has 0 aliphatic heterocycles. The second-order valence-corrected chi connectivity index (χ2v) is 6.95. The van der Waals surface area contributed by atoms with E-state index < -0.39 is 11.9 Å². The fourth-order valence-corrected chi connectivity index (χ4v) is 2.22. The van der Waals surface area contributed by atoms with E-state index in [1.165, 1.54) is 18.6 Å². The van der Waals surface area contributed by atoms with Gasteiger partial charge >= 0.3 is 0 Å². The molecule has 0 aromatic heterocycles. The molecule has 8 heteroatoms. The van der Waals surface area contributed by atoms with Gasteiger partial charge in [-0.2, -0.15) is 0 Å². The van der Waals surface area contributed by atoms with Gasteiger partial charge in [-0.25, -0.2) is 0 Å². The summed E-state index contributed by atoms with van der Waals surface area (Å²) in [6, 6.07) is 4.52. The third-order valence-corrected chi connectivity index (χ3v) is 3.56. The molecule has 0 saturated carbocycles. The van der Waals surface area contributed by atoms with Crippen molar-refractivity contribution in [2.75, 3.05) is 33.1 Å². The number of hydrogen-bond acceptors (Lipinski definition) is 7. The number of aliphatic imine (C=N–C) groups is 1. The van der Waals surface area contributed by atoms with Gasteiger partial charge in [-0.3, -0.25) is 14.6 Å². The smallest absolute Gasteiger partial charge is 0.218 e. The van der Waals surface area contributed by atoms with Gasteiger partial charge in [0.2, 0.25) is 5.78 Å². The van der Waals surface area contributed by atoms with E-state index >= 15 is 0 Å². The number of ketones is 1. The van der Waals surface area contributed by atoms with Crippen molar-refractivity contribution in [1.29, 1.82) is 0 Å². The van der Waals surface area contributed by atoms with Crippen molar-refractivity contribution in [1.82, 2.24) is 4.90 Å². The Kier molecular flexibility index (Phi) is 19.0. The number of carbonyl (C=O) groups is 2. The number of nitrogens with zero attached hydrogens (tertiary/aromatic N) is 2. The van der Waals surface area contributed by atoms with Crippen LogP contribution in [-0.4, -0.2) is 67.4 Å². The minimum absolute atomic E-state index is 0.0905. The number of aliphatic hydroxyl groups is 1. The Morgan fingerprint density at radius 1 is 1.21 bits per heavy atom. The quantitative estimate of drug-likeness (QED) is 0.181. The summed E-state index contributed by atoms with van der Waals surface area (Å²) in [7, 11) is 5.62. The summed E-state index contributed by atoms with van der Waals surface area (Å²) < 4.78 is 5.14. The standard InChI is InChI=1S/C13H13NO5.C5H10.C4H10N2.C3H8/c1-2-19-13-9(11(17)12(13)18)14-8-5-3-4-7(6-15)10(8)16;1-3-5-4-2;1-5-4-6(2)3;1-3-2/h3-6,12,14,16,18H,2H2,1H3;3,5H,4H2,1-2H3;4H,1-3H3;3H2,1-2H3/b;5-3-;;. The Balaban J connectivity index is 0. The van der Waals surface area contributed by atoms with Crippen LogP contribution in [0.1, 0.15) is 57.8 Å². The average molecular weight is 464 g/mol. The summed E-state index contributed by atoms with van der Waals surface area (Å²) in [6.07, 6.45) is 7.59. The number of aromatic hydroxyl groups is 1. The second kappa shape index (κ2) is 19.5. The maximum atomic E-state index is 11.5. The molecular weight excluding hydrogens is 422 g/mol. The maximum absolute atomic E-state index is 11.5. The summed E-state index contributed by atoms with van der Waals surface area (Å²) >= 11 is 0. The Morgan fingerprint density at radius 2 is 1.82 bits per heavy atom. The number of anilines is 1. The highest BCUT2D eigenvalue weighted by atomic mass is 16.5. The van der Waals surface area contributed by atoms with Crippen molar-refractivity contribution in [2.24, 2.45) is 4.99 Å². The number of carbonyl (C=O) groups excluding carboxylic acids is 2. The van der Waals surface area contributed by atoms with Gasteiger partial charge in [0.15, 0.2) is 18.1 Å². The topological polar surface area (TPSA) is 111 Å². The molecule has 0 spiro atoms. The van der Waals surface area contributed by atoms with Crippen LogP contribution in [0.2, 0.25) is 0 Å². The number of benzene rings is 1. The van der Waals surface area contributed by atoms with Crippen LogP contribution in [-0.2, 0) is 9.53 Å². The lowest BCUT2D eigenvalue weighted by atomic mass is 9.97. The van der Waals surface area contributed by atoms with Crippen LogP contribution >= 0.6 is 0 Å². The molecule has 186 valence electrons. The molecule has 1 unspecified atom stereocenters. The zero-order valence-electron chi connectivity index (χ0n) is 21.3. The molecule has 0 bridgehead atoms. The molecule has 1 aliphatic carbocycles. The van der Waals surface area contributed by atoms with Gasteiger partial charge in [-0.1, -0.05) is 45.4 Å². The van der Waals surface area contributed by atoms with E-state index in [2.05, 4.69) is 43.2 Å². The molecule has 1 aromatic carbocycles. The maximum Gasteiger partial charge on any atom is 0.218 e. The number of nitrogens with one attached hydrogen (secondary N) is 1. The normalized spacial score (nSPS) is 14.2. The van der Waals surface area contributed by atoms with Gasteiger partial charge < -0.3 is 25.2 Å². The highest BCUT2D eigenvalue weighted by molar-refractivity contribution is 6.10. The molecule has 0 radical (unpaired) electrons. The first kappa shape index (κ1) is 32.1. The van der Waals surface area contributed by atoms with Crippen LogP contribution in [0, 0.1) is 0 Å². The van der Waals surface area contributed by atoms with Crippen LogP contribution < -0.4 is 5.32 Å². The molecule has 8 nitrogen and oxygen atoms in total. The summed E-state index contributed by atoms with van der Waals surface area (Å²) in [5.74, 6) is -0.627. The largest absolute Gasteiger partial charge is 0.505 e. The zero-order chi connectivity index (χ0) is 25.8. The number of aldehydes is 1. The van der Waals surface area contributed by atoms with E-state index in [-0.39, 0.29) is 28.5 Å². The lowest BCUT2D eigenvalue weighted by Gasteiger charge is -2.28. The Morgan fingerprint density at radius 3 is 2.18 bits per heavy atom. The number of Topliss-reactive ketones (excluding diaryl/α,β-unsaturated/α-hetero) is 1. The Hall–Kier alpha value is -3.13. The van der Waals surface area contributed by atoms with Crippen molar-refractivity contribution in [2.45, 2.75) is 53.6 Å². The van der Waals surface area contributed by atoms with Gasteiger partial charge in [0.25, 0.3) is 0 Å². The van der Waals surface area contributed by atoms with Crippen LogP contribution in [0.25, 0.3) is 0 Å². The number of phenolic OH excluding ortho intramolecular Hbond substituents is 1. The van der Waals surface area contributed by atoms with Crippen molar-refractivity contribution < 1.29 is 24.5 Å². The average Bonchev–Trinajstić information content (AvgIpc) is 2.78. The van der Waals surface area contributed by atoms with Crippen molar-refractivity contribution in [3.8, 4) is 5.75 Å². The molecule has 1 atom stereocenters. The monoisotopic (exact) mass is 463 g/mol. The van der Waals surface area contributed by atoms with Gasteiger partial charge in [0, 0.05) is 21.1 Å².